The van der Waals surface area contributed by atoms with Gasteiger partial charge in [-0.1, -0.05) is 189 Å². The number of carbonyl (C=O) groups is 3. The van der Waals surface area contributed by atoms with Gasteiger partial charge in [0.1, 0.15) is 6.61 Å². The Morgan fingerprint density at radius 2 is 0.935 bits per heavy atom. The molecule has 354 valence electrons. The van der Waals surface area contributed by atoms with Gasteiger partial charge in [-0.2, -0.15) is 0 Å². The third-order valence-corrected chi connectivity index (χ3v) is 10.6. The lowest BCUT2D eigenvalue weighted by atomic mass is 10.0. The number of carbonyl (C=O) groups excluding carboxylic acids is 2. The lowest BCUT2D eigenvalue weighted by Gasteiger charge is -2.31. The Morgan fingerprint density at radius 1 is 0.500 bits per heavy atom. The van der Waals surface area contributed by atoms with Crippen molar-refractivity contribution in [1.82, 2.24) is 0 Å². The Kier molecular flexibility index (Phi) is 41.6. The summed E-state index contributed by atoms with van der Waals surface area (Å²) in [5, 5.41) is 9.64. The Bertz CT molecular complexity index is 1290. The predicted molar refractivity (Wildman–Crippen MR) is 261 cm³/mol. The summed E-state index contributed by atoms with van der Waals surface area (Å²) in [7, 11) is 5.52. The number of aliphatic carboxylic acids is 1. The summed E-state index contributed by atoms with van der Waals surface area (Å²) in [6.45, 7) is 4.46. The van der Waals surface area contributed by atoms with Crippen LogP contribution in [0.15, 0.2) is 85.1 Å². The molecule has 8 nitrogen and oxygen atoms in total. The van der Waals surface area contributed by atoms with Gasteiger partial charge in [0.2, 0.25) is 0 Å². The summed E-state index contributed by atoms with van der Waals surface area (Å²) in [6, 6.07) is -0.623. The second kappa shape index (κ2) is 44.1. The molecule has 0 saturated heterocycles. The van der Waals surface area contributed by atoms with Crippen molar-refractivity contribution in [1.29, 1.82) is 0 Å². The van der Waals surface area contributed by atoms with E-state index in [1.165, 1.54) is 70.6 Å². The Morgan fingerprint density at radius 3 is 1.45 bits per heavy atom. The molecule has 8 heteroatoms. The number of allylic oxidation sites excluding steroid dienone is 14. The fourth-order valence-electron chi connectivity index (χ4n) is 6.88. The van der Waals surface area contributed by atoms with Crippen LogP contribution in [0.25, 0.3) is 0 Å². The van der Waals surface area contributed by atoms with Crippen LogP contribution in [0, 0.1) is 0 Å². The molecule has 0 spiro atoms. The quantitative estimate of drug-likeness (QED) is 0.0214. The van der Waals surface area contributed by atoms with Crippen LogP contribution in [0.1, 0.15) is 187 Å². The van der Waals surface area contributed by atoms with Crippen molar-refractivity contribution in [2.45, 2.75) is 199 Å². The van der Waals surface area contributed by atoms with E-state index in [4.69, 9.17) is 14.2 Å². The molecular weight excluding hydrogens is 775 g/mol. The first-order chi connectivity index (χ1) is 30.1. The van der Waals surface area contributed by atoms with Gasteiger partial charge >= 0.3 is 17.9 Å². The molecule has 2 atom stereocenters. The number of likely N-dealkylation sites (N-methyl/N-ethyl adjacent to an activating group) is 1. The van der Waals surface area contributed by atoms with E-state index in [9.17, 15) is 19.5 Å². The van der Waals surface area contributed by atoms with E-state index >= 15 is 0 Å². The van der Waals surface area contributed by atoms with Gasteiger partial charge in [-0.3, -0.25) is 9.59 Å². The maximum absolute atomic E-state index is 12.8. The number of hydrogen-bond donors (Lipinski definition) is 1. The van der Waals surface area contributed by atoms with Crippen molar-refractivity contribution in [3.63, 3.8) is 0 Å². The highest BCUT2D eigenvalue weighted by Gasteiger charge is 2.31. The highest BCUT2D eigenvalue weighted by Crippen LogP contribution is 2.15. The second-order valence-corrected chi connectivity index (χ2v) is 17.4. The van der Waals surface area contributed by atoms with Crippen molar-refractivity contribution >= 4 is 17.9 Å². The minimum Gasteiger partial charge on any atom is -0.477 e. The number of nitrogens with zero attached hydrogens (tertiary/aromatic N) is 1. The standard InChI is InChI=1S/C54H91NO7/c1-6-8-10-12-14-16-18-20-22-23-24-25-26-27-28-29-31-32-34-36-38-40-42-44-52(56)61-49-50(48-60-47-46-51(54(58)59)55(3,4)5)62-53(57)45-43-41-39-37-35-33-30-21-19-17-15-13-11-9-7-2/h8-11,13-17,19-22,30,50-51H,6-7,12,18,23-29,31-49H2,1-5H3/p+1/b10-8+,11-9+,15-13+,16-14+,19-17+,22-20+,30-21+. The van der Waals surface area contributed by atoms with E-state index in [0.29, 0.717) is 19.3 Å². The van der Waals surface area contributed by atoms with Crippen LogP contribution in [-0.4, -0.2) is 80.6 Å². The highest BCUT2D eigenvalue weighted by atomic mass is 16.6. The molecular formula is C54H92NO7+. The summed E-state index contributed by atoms with van der Waals surface area (Å²) in [5.74, 6) is -1.50. The Balaban J connectivity index is 4.25. The monoisotopic (exact) mass is 867 g/mol. The highest BCUT2D eigenvalue weighted by molar-refractivity contribution is 5.72. The van der Waals surface area contributed by atoms with Crippen LogP contribution >= 0.6 is 0 Å². The van der Waals surface area contributed by atoms with Crippen LogP contribution < -0.4 is 0 Å². The SMILES string of the molecule is CC/C=C/C=C/C=C/C=C/CCCCCCCC(=O)OC(COCCC(C(=O)O)[N+](C)(C)C)COC(=O)CCCCCCCCCCCCCCC/C=C/C/C=C/C/C=C/CC. The zero-order chi connectivity index (χ0) is 45.6. The smallest absolute Gasteiger partial charge is 0.362 e. The van der Waals surface area contributed by atoms with Gasteiger partial charge in [0.25, 0.3) is 0 Å². The number of esters is 2. The van der Waals surface area contributed by atoms with E-state index in [2.05, 4.69) is 74.6 Å². The molecule has 0 aliphatic heterocycles. The van der Waals surface area contributed by atoms with E-state index < -0.39 is 18.1 Å². The van der Waals surface area contributed by atoms with Crippen molar-refractivity contribution in [3.05, 3.63) is 85.1 Å². The molecule has 2 unspecified atom stereocenters. The first-order valence-electron chi connectivity index (χ1n) is 24.7. The second-order valence-electron chi connectivity index (χ2n) is 17.4. The number of carboxylic acid groups (broad SMARTS) is 1. The number of hydrogen-bond acceptors (Lipinski definition) is 6. The first-order valence-corrected chi connectivity index (χ1v) is 24.7. The van der Waals surface area contributed by atoms with Gasteiger partial charge < -0.3 is 23.8 Å². The summed E-state index contributed by atoms with van der Waals surface area (Å²) >= 11 is 0. The molecule has 0 aromatic carbocycles. The van der Waals surface area contributed by atoms with Gasteiger partial charge in [0.05, 0.1) is 34.4 Å². The number of quaternary nitrogens is 1. The average molecular weight is 867 g/mol. The van der Waals surface area contributed by atoms with Gasteiger partial charge in [-0.05, 0) is 64.2 Å². The summed E-state index contributed by atoms with van der Waals surface area (Å²) in [4.78, 5) is 37.1. The maximum atomic E-state index is 12.8. The molecule has 0 fully saturated rings. The van der Waals surface area contributed by atoms with Crippen LogP contribution in [0.2, 0.25) is 0 Å². The molecule has 0 aliphatic carbocycles. The molecule has 0 amide bonds. The third-order valence-electron chi connectivity index (χ3n) is 10.6. The molecule has 0 bridgehead atoms. The number of ether oxygens (including phenoxy) is 3. The largest absolute Gasteiger partial charge is 0.477 e. The summed E-state index contributed by atoms with van der Waals surface area (Å²) < 4.78 is 17.3. The average Bonchev–Trinajstić information content (AvgIpc) is 3.23. The number of rotatable bonds is 43. The molecule has 0 heterocycles. The fraction of sp³-hybridized carbons (Fsp3) is 0.685. The van der Waals surface area contributed by atoms with Crippen molar-refractivity contribution in [2.24, 2.45) is 0 Å². The number of carboxylic acids is 1. The summed E-state index contributed by atoms with van der Waals surface area (Å²) in [5.41, 5.74) is 0. The van der Waals surface area contributed by atoms with Crippen LogP contribution in [0.4, 0.5) is 0 Å². The molecule has 0 saturated carbocycles. The van der Waals surface area contributed by atoms with E-state index in [0.717, 1.165) is 83.5 Å². The van der Waals surface area contributed by atoms with Gasteiger partial charge in [0, 0.05) is 19.3 Å². The van der Waals surface area contributed by atoms with Crippen molar-refractivity contribution in [2.75, 3.05) is 41.0 Å². The van der Waals surface area contributed by atoms with Gasteiger partial charge in [-0.15, -0.1) is 0 Å². The zero-order valence-electron chi connectivity index (χ0n) is 40.3. The molecule has 0 aromatic heterocycles. The van der Waals surface area contributed by atoms with Gasteiger partial charge in [0.15, 0.2) is 12.1 Å². The lowest BCUT2D eigenvalue weighted by molar-refractivity contribution is -0.887. The first kappa shape index (κ1) is 58.5. The summed E-state index contributed by atoms with van der Waals surface area (Å²) in [6.07, 6.45) is 57.8. The lowest BCUT2D eigenvalue weighted by Crippen LogP contribution is -2.50. The minimum absolute atomic E-state index is 0.0473. The molecule has 62 heavy (non-hydrogen) atoms. The topological polar surface area (TPSA) is 99.1 Å². The van der Waals surface area contributed by atoms with Crippen molar-refractivity contribution < 1.29 is 38.2 Å². The fourth-order valence-corrected chi connectivity index (χ4v) is 6.88. The normalized spacial score (nSPS) is 13.6. The number of unbranched alkanes of at least 4 members (excludes halogenated alkanes) is 18. The molecule has 0 radical (unpaired) electrons. The third kappa shape index (κ3) is 41.8. The molecule has 0 aromatic rings. The van der Waals surface area contributed by atoms with E-state index in [1.54, 1.807) is 0 Å². The zero-order valence-corrected chi connectivity index (χ0v) is 40.3. The molecule has 1 N–H and O–H groups in total. The van der Waals surface area contributed by atoms with E-state index in [-0.39, 0.29) is 36.2 Å². The van der Waals surface area contributed by atoms with Crippen LogP contribution in [0.3, 0.4) is 0 Å². The van der Waals surface area contributed by atoms with E-state index in [1.807, 2.05) is 45.4 Å². The predicted octanol–water partition coefficient (Wildman–Crippen LogP) is 14.1. The van der Waals surface area contributed by atoms with Crippen LogP contribution in [-0.2, 0) is 28.6 Å². The van der Waals surface area contributed by atoms with Gasteiger partial charge in [-0.25, -0.2) is 4.79 Å². The minimum atomic E-state index is -0.882. The maximum Gasteiger partial charge on any atom is 0.362 e. The molecule has 0 rings (SSSR count). The van der Waals surface area contributed by atoms with Crippen molar-refractivity contribution in [3.8, 4) is 0 Å². The Labute approximate surface area is 380 Å². The molecule has 0 aliphatic rings. The Hall–Kier alpha value is -3.49. The van der Waals surface area contributed by atoms with Crippen LogP contribution in [0.5, 0.6) is 0 Å².